The van der Waals surface area contributed by atoms with Crippen LogP contribution in [0.4, 0.5) is 0 Å². The van der Waals surface area contributed by atoms with E-state index in [-0.39, 0.29) is 6.04 Å². The Morgan fingerprint density at radius 3 is 2.85 bits per heavy atom. The molecule has 0 fully saturated rings. The Bertz CT molecular complexity index is 534. The molecule has 2 unspecified atom stereocenters. The molecule has 1 aromatic carbocycles. The average molecular weight is 272 g/mol. The number of nitriles is 1. The van der Waals surface area contributed by atoms with Crippen molar-refractivity contribution in [1.82, 2.24) is 0 Å². The van der Waals surface area contributed by atoms with Gasteiger partial charge in [0.25, 0.3) is 0 Å². The molecule has 0 aliphatic carbocycles. The summed E-state index contributed by atoms with van der Waals surface area (Å²) in [6.45, 7) is 2.04. The summed E-state index contributed by atoms with van der Waals surface area (Å²) in [6.07, 6.45) is 0.0599. The molecule has 2 rings (SSSR count). The van der Waals surface area contributed by atoms with Gasteiger partial charge in [-0.15, -0.1) is 0 Å². The van der Waals surface area contributed by atoms with Crippen LogP contribution in [0.25, 0.3) is 0 Å². The molecule has 2 atom stereocenters. The van der Waals surface area contributed by atoms with Gasteiger partial charge in [-0.3, -0.25) is 0 Å². The summed E-state index contributed by atoms with van der Waals surface area (Å²) in [7, 11) is 0. The number of carbonyl (C=O) groups excluding carboxylic acids is 1. The Morgan fingerprint density at radius 1 is 1.45 bits per heavy atom. The molecular formula is C15H16N2O3. The minimum atomic E-state index is -0.751. The van der Waals surface area contributed by atoms with Crippen molar-refractivity contribution in [2.24, 2.45) is 4.99 Å². The van der Waals surface area contributed by atoms with Crippen LogP contribution in [0.2, 0.25) is 0 Å². The molecule has 1 heterocycles. The van der Waals surface area contributed by atoms with Crippen molar-refractivity contribution in [1.29, 1.82) is 5.26 Å². The topological polar surface area (TPSA) is 71.7 Å². The van der Waals surface area contributed by atoms with Crippen LogP contribution in [0.1, 0.15) is 25.3 Å². The summed E-state index contributed by atoms with van der Waals surface area (Å²) in [5, 5.41) is 8.68. The number of aliphatic imine (C=N–C) groups is 1. The van der Waals surface area contributed by atoms with E-state index < -0.39 is 12.1 Å². The first kappa shape index (κ1) is 14.1. The number of hydrogen-bond donors (Lipinski definition) is 0. The fourth-order valence-electron chi connectivity index (χ4n) is 2.03. The van der Waals surface area contributed by atoms with Gasteiger partial charge in [-0.1, -0.05) is 18.2 Å². The summed E-state index contributed by atoms with van der Waals surface area (Å²) in [4.78, 5) is 16.3. The molecule has 0 N–H and O–H groups in total. The molecule has 104 valence electrons. The van der Waals surface area contributed by atoms with E-state index in [2.05, 4.69) is 11.1 Å². The maximum atomic E-state index is 11.9. The number of nitrogens with zero attached hydrogens (tertiary/aromatic N) is 2. The zero-order valence-electron chi connectivity index (χ0n) is 11.3. The van der Waals surface area contributed by atoms with Gasteiger partial charge in [0.15, 0.2) is 0 Å². The highest BCUT2D eigenvalue weighted by Crippen LogP contribution is 2.22. The molecule has 1 aliphatic heterocycles. The molecule has 0 saturated heterocycles. The molecule has 0 radical (unpaired) electrons. The van der Waals surface area contributed by atoms with Crippen LogP contribution in [-0.2, 0) is 14.3 Å². The van der Waals surface area contributed by atoms with Gasteiger partial charge in [-0.25, -0.2) is 9.79 Å². The van der Waals surface area contributed by atoms with E-state index in [1.54, 1.807) is 6.92 Å². The van der Waals surface area contributed by atoms with Crippen molar-refractivity contribution in [2.75, 3.05) is 6.61 Å². The standard InChI is InChI=1S/C15H16N2O3/c1-2-19-15(18)13-12(9-6-10-16)17-14(20-13)11-7-4-3-5-8-11/h3-5,7-8,12-13H,2,6,9H2,1H3. The second-order valence-electron chi connectivity index (χ2n) is 4.35. The maximum Gasteiger partial charge on any atom is 0.349 e. The normalized spacial score (nSPS) is 20.7. The van der Waals surface area contributed by atoms with Crippen molar-refractivity contribution >= 4 is 11.9 Å². The second kappa shape index (κ2) is 6.71. The Kier molecular flexibility index (Phi) is 4.72. The summed E-state index contributed by atoms with van der Waals surface area (Å²) >= 11 is 0. The first-order chi connectivity index (χ1) is 9.76. The highest BCUT2D eigenvalue weighted by atomic mass is 16.6. The molecule has 0 bridgehead atoms. The lowest BCUT2D eigenvalue weighted by Crippen LogP contribution is -2.33. The Morgan fingerprint density at radius 2 is 2.20 bits per heavy atom. The quantitative estimate of drug-likeness (QED) is 0.769. The number of rotatable bonds is 5. The van der Waals surface area contributed by atoms with Gasteiger partial charge >= 0.3 is 5.97 Å². The van der Waals surface area contributed by atoms with Crippen molar-refractivity contribution in [3.8, 4) is 6.07 Å². The third kappa shape index (κ3) is 3.15. The van der Waals surface area contributed by atoms with Crippen LogP contribution in [0, 0.1) is 11.3 Å². The Labute approximate surface area is 117 Å². The highest BCUT2D eigenvalue weighted by molar-refractivity contribution is 5.97. The molecule has 1 aromatic rings. The summed E-state index contributed by atoms with van der Waals surface area (Å²) in [5.74, 6) is 0.0108. The van der Waals surface area contributed by atoms with E-state index in [1.807, 2.05) is 30.3 Å². The zero-order chi connectivity index (χ0) is 14.4. The molecular weight excluding hydrogens is 256 g/mol. The molecule has 0 spiro atoms. The molecule has 0 aromatic heterocycles. The van der Waals surface area contributed by atoms with Crippen molar-refractivity contribution in [3.63, 3.8) is 0 Å². The van der Waals surface area contributed by atoms with Gasteiger partial charge in [0.05, 0.1) is 12.7 Å². The molecule has 5 nitrogen and oxygen atoms in total. The summed E-state index contributed by atoms with van der Waals surface area (Å²) in [5.41, 5.74) is 0.821. The van der Waals surface area contributed by atoms with Crippen LogP contribution in [0.15, 0.2) is 35.3 Å². The number of carbonyl (C=O) groups is 1. The van der Waals surface area contributed by atoms with E-state index in [4.69, 9.17) is 14.7 Å². The molecule has 1 aliphatic rings. The van der Waals surface area contributed by atoms with E-state index in [1.165, 1.54) is 0 Å². The minimum Gasteiger partial charge on any atom is -0.463 e. The monoisotopic (exact) mass is 272 g/mol. The predicted octanol–water partition coefficient (Wildman–Crippen LogP) is 2.07. The largest absolute Gasteiger partial charge is 0.463 e. The van der Waals surface area contributed by atoms with E-state index in [9.17, 15) is 4.79 Å². The van der Waals surface area contributed by atoms with Crippen LogP contribution in [0.5, 0.6) is 0 Å². The van der Waals surface area contributed by atoms with Gasteiger partial charge in [0.1, 0.15) is 6.04 Å². The molecule has 5 heteroatoms. The predicted molar refractivity (Wildman–Crippen MR) is 73.1 cm³/mol. The number of benzene rings is 1. The van der Waals surface area contributed by atoms with Crippen molar-refractivity contribution in [3.05, 3.63) is 35.9 Å². The van der Waals surface area contributed by atoms with E-state index >= 15 is 0 Å². The first-order valence-corrected chi connectivity index (χ1v) is 6.59. The minimum absolute atomic E-state index is 0.296. The number of ether oxygens (including phenoxy) is 2. The molecule has 20 heavy (non-hydrogen) atoms. The van der Waals surface area contributed by atoms with Gasteiger partial charge in [-0.05, 0) is 25.5 Å². The SMILES string of the molecule is CCOC(=O)C1OC(c2ccccc2)=NC1CCC#N. The number of esters is 1. The third-order valence-electron chi connectivity index (χ3n) is 2.96. The van der Waals surface area contributed by atoms with Crippen LogP contribution in [0.3, 0.4) is 0 Å². The van der Waals surface area contributed by atoms with Gasteiger partial charge in [-0.2, -0.15) is 5.26 Å². The highest BCUT2D eigenvalue weighted by Gasteiger charge is 2.37. The first-order valence-electron chi connectivity index (χ1n) is 6.59. The summed E-state index contributed by atoms with van der Waals surface area (Å²) < 4.78 is 10.6. The van der Waals surface area contributed by atoms with Crippen molar-refractivity contribution in [2.45, 2.75) is 31.9 Å². The molecule has 0 saturated carbocycles. The van der Waals surface area contributed by atoms with Gasteiger partial charge < -0.3 is 9.47 Å². The van der Waals surface area contributed by atoms with E-state index in [0.717, 1.165) is 5.56 Å². The third-order valence-corrected chi connectivity index (χ3v) is 2.96. The average Bonchev–Trinajstić information content (AvgIpc) is 2.90. The smallest absolute Gasteiger partial charge is 0.349 e. The van der Waals surface area contributed by atoms with Crippen LogP contribution in [-0.4, -0.2) is 30.6 Å². The lowest BCUT2D eigenvalue weighted by Gasteiger charge is -2.15. The van der Waals surface area contributed by atoms with Gasteiger partial charge in [0.2, 0.25) is 12.0 Å². The van der Waals surface area contributed by atoms with Crippen LogP contribution < -0.4 is 0 Å². The zero-order valence-corrected chi connectivity index (χ0v) is 11.3. The fraction of sp³-hybridized carbons (Fsp3) is 0.400. The van der Waals surface area contributed by atoms with Crippen LogP contribution >= 0.6 is 0 Å². The van der Waals surface area contributed by atoms with Gasteiger partial charge in [0, 0.05) is 12.0 Å². The Balaban J connectivity index is 2.16. The molecule has 0 amide bonds. The lowest BCUT2D eigenvalue weighted by atomic mass is 10.1. The second-order valence-corrected chi connectivity index (χ2v) is 4.35. The van der Waals surface area contributed by atoms with E-state index in [0.29, 0.717) is 25.3 Å². The van der Waals surface area contributed by atoms with Crippen molar-refractivity contribution < 1.29 is 14.3 Å². The fourth-order valence-corrected chi connectivity index (χ4v) is 2.03. The summed E-state index contributed by atoms with van der Waals surface area (Å²) in [6, 6.07) is 11.1. The Hall–Kier alpha value is -2.35. The lowest BCUT2D eigenvalue weighted by molar-refractivity contribution is -0.152. The maximum absolute atomic E-state index is 11.9. The number of hydrogen-bond acceptors (Lipinski definition) is 5.